The molecule has 2 aliphatic heterocycles. The van der Waals surface area contributed by atoms with Crippen LogP contribution in [0.15, 0.2) is 91.0 Å². The zero-order valence-corrected chi connectivity index (χ0v) is 20.0. The van der Waals surface area contributed by atoms with Gasteiger partial charge in [0.25, 0.3) is 0 Å². The summed E-state index contributed by atoms with van der Waals surface area (Å²) in [4.78, 5) is 29.0. The smallest absolute Gasteiger partial charge is 0.338 e. The van der Waals surface area contributed by atoms with Crippen molar-refractivity contribution in [1.29, 1.82) is 0 Å². The van der Waals surface area contributed by atoms with Crippen LogP contribution in [0.1, 0.15) is 40.0 Å². The lowest BCUT2D eigenvalue weighted by molar-refractivity contribution is -0.0635. The number of benzene rings is 3. The first-order valence-corrected chi connectivity index (χ1v) is 13.1. The monoisotopic (exact) mass is 479 g/mol. The van der Waals surface area contributed by atoms with E-state index >= 15 is 0 Å². The van der Waals surface area contributed by atoms with E-state index in [0.717, 1.165) is 5.69 Å². The number of esters is 2. The number of carbonyl (C=O) groups is 2. The van der Waals surface area contributed by atoms with Gasteiger partial charge in [0.1, 0.15) is 0 Å². The van der Waals surface area contributed by atoms with E-state index in [1.807, 2.05) is 54.6 Å². The van der Waals surface area contributed by atoms with Gasteiger partial charge in [-0.05, 0) is 79.3 Å². The summed E-state index contributed by atoms with van der Waals surface area (Å²) in [5.74, 6) is 1.47. The topological polar surface area (TPSA) is 55.8 Å². The number of fused-ring (bicyclic) bond motifs is 9. The Morgan fingerprint density at radius 2 is 1.03 bits per heavy atom. The molecule has 4 aliphatic rings. The molecule has 2 saturated heterocycles. The average Bonchev–Trinajstić information content (AvgIpc) is 3.69. The third-order valence-electron chi connectivity index (χ3n) is 9.03. The van der Waals surface area contributed by atoms with E-state index < -0.39 is 12.2 Å². The van der Waals surface area contributed by atoms with Gasteiger partial charge in [-0.3, -0.25) is 0 Å². The first-order valence-electron chi connectivity index (χ1n) is 13.1. The van der Waals surface area contributed by atoms with Crippen molar-refractivity contribution in [2.24, 2.45) is 23.7 Å². The molecule has 8 atom stereocenters. The van der Waals surface area contributed by atoms with E-state index in [9.17, 15) is 9.59 Å². The fourth-order valence-corrected chi connectivity index (χ4v) is 7.86. The van der Waals surface area contributed by atoms with Crippen molar-refractivity contribution in [1.82, 2.24) is 0 Å². The highest BCUT2D eigenvalue weighted by molar-refractivity contribution is 5.90. The van der Waals surface area contributed by atoms with Crippen LogP contribution in [0.5, 0.6) is 0 Å². The predicted octanol–water partition coefficient (Wildman–Crippen LogP) is 5.37. The maximum atomic E-state index is 13.3. The zero-order chi connectivity index (χ0) is 24.2. The Morgan fingerprint density at radius 1 is 0.611 bits per heavy atom. The molecular weight excluding hydrogens is 450 g/mol. The molecule has 0 radical (unpaired) electrons. The molecule has 3 aromatic rings. The van der Waals surface area contributed by atoms with Crippen molar-refractivity contribution in [3.8, 4) is 0 Å². The number of hydrogen-bond donors (Lipinski definition) is 0. The summed E-state index contributed by atoms with van der Waals surface area (Å²) in [5.41, 5.74) is 2.15. The third-order valence-corrected chi connectivity index (χ3v) is 9.03. The minimum atomic E-state index is -0.517. The largest absolute Gasteiger partial charge is 0.453 e. The Morgan fingerprint density at radius 3 is 1.47 bits per heavy atom. The van der Waals surface area contributed by atoms with Crippen molar-refractivity contribution in [3.05, 3.63) is 102 Å². The van der Waals surface area contributed by atoms with Gasteiger partial charge in [0.05, 0.1) is 23.2 Å². The van der Waals surface area contributed by atoms with Crippen molar-refractivity contribution >= 4 is 17.6 Å². The van der Waals surface area contributed by atoms with Crippen LogP contribution >= 0.6 is 0 Å². The van der Waals surface area contributed by atoms with Crippen LogP contribution in [0.4, 0.5) is 5.69 Å². The summed E-state index contributed by atoms with van der Waals surface area (Å²) in [6, 6.07) is 28.6. The molecule has 4 bridgehead atoms. The molecule has 7 rings (SSSR count). The second-order valence-electron chi connectivity index (χ2n) is 10.7. The standard InChI is InChI=1S/C31H29NO4/c33-30(19-10-4-1-5-11-19)35-28-26-24-21-16-17-22(18-21)25(24)27(32(26)23-14-8-3-9-15-23)29(28)36-31(34)20-12-6-2-7-13-20/h1-15,21-22,24-29H,16-18H2. The molecule has 5 heteroatoms. The zero-order valence-electron chi connectivity index (χ0n) is 20.0. The van der Waals surface area contributed by atoms with E-state index in [1.54, 1.807) is 24.3 Å². The fourth-order valence-electron chi connectivity index (χ4n) is 7.86. The summed E-state index contributed by atoms with van der Waals surface area (Å²) in [5, 5.41) is 0. The molecule has 2 saturated carbocycles. The summed E-state index contributed by atoms with van der Waals surface area (Å²) < 4.78 is 12.6. The highest BCUT2D eigenvalue weighted by Crippen LogP contribution is 2.65. The van der Waals surface area contributed by atoms with Gasteiger partial charge in [0.15, 0.2) is 12.2 Å². The van der Waals surface area contributed by atoms with Crippen LogP contribution in [0.3, 0.4) is 0 Å². The van der Waals surface area contributed by atoms with Crippen LogP contribution in [-0.4, -0.2) is 36.2 Å². The van der Waals surface area contributed by atoms with E-state index in [2.05, 4.69) is 17.0 Å². The van der Waals surface area contributed by atoms with Crippen molar-refractivity contribution in [2.75, 3.05) is 4.90 Å². The Hall–Kier alpha value is -3.60. The van der Waals surface area contributed by atoms with Crippen LogP contribution < -0.4 is 4.90 Å². The Balaban J connectivity index is 1.29. The average molecular weight is 480 g/mol. The van der Waals surface area contributed by atoms with Crippen LogP contribution in [-0.2, 0) is 9.47 Å². The van der Waals surface area contributed by atoms with Crippen LogP contribution in [0, 0.1) is 23.7 Å². The molecule has 2 aliphatic carbocycles. The highest BCUT2D eigenvalue weighted by atomic mass is 16.6. The lowest BCUT2D eigenvalue weighted by Gasteiger charge is -2.39. The Kier molecular flexibility index (Phi) is 5.12. The molecule has 0 amide bonds. The fraction of sp³-hybridized carbons (Fsp3) is 0.355. The molecule has 5 nitrogen and oxygen atoms in total. The van der Waals surface area contributed by atoms with Gasteiger partial charge < -0.3 is 14.4 Å². The molecule has 0 N–H and O–H groups in total. The molecular formula is C31H29NO4. The lowest BCUT2D eigenvalue weighted by Crippen LogP contribution is -2.52. The van der Waals surface area contributed by atoms with Crippen molar-refractivity contribution in [2.45, 2.75) is 43.6 Å². The number of ether oxygens (including phenoxy) is 2. The number of para-hydroxylation sites is 1. The number of rotatable bonds is 5. The van der Waals surface area contributed by atoms with Gasteiger partial charge in [-0.15, -0.1) is 0 Å². The van der Waals surface area contributed by atoms with E-state index in [-0.39, 0.29) is 24.0 Å². The maximum Gasteiger partial charge on any atom is 0.338 e. The van der Waals surface area contributed by atoms with Gasteiger partial charge >= 0.3 is 11.9 Å². The van der Waals surface area contributed by atoms with E-state index in [0.29, 0.717) is 34.8 Å². The third kappa shape index (κ3) is 3.29. The normalized spacial score (nSPS) is 33.4. The minimum absolute atomic E-state index is 0.000986. The molecule has 3 aromatic carbocycles. The second-order valence-corrected chi connectivity index (χ2v) is 10.7. The maximum absolute atomic E-state index is 13.3. The molecule has 4 fully saturated rings. The first kappa shape index (κ1) is 21.7. The number of hydrogen-bond acceptors (Lipinski definition) is 5. The van der Waals surface area contributed by atoms with Crippen LogP contribution in [0.25, 0.3) is 0 Å². The molecule has 8 unspecified atom stereocenters. The van der Waals surface area contributed by atoms with Gasteiger partial charge in [-0.25, -0.2) is 9.59 Å². The number of nitrogens with zero attached hydrogens (tertiary/aromatic N) is 1. The van der Waals surface area contributed by atoms with Gasteiger partial charge in [0, 0.05) is 5.69 Å². The van der Waals surface area contributed by atoms with Crippen LogP contribution in [0.2, 0.25) is 0 Å². The number of carbonyl (C=O) groups excluding carboxylic acids is 2. The quantitative estimate of drug-likeness (QED) is 0.461. The Labute approximate surface area is 211 Å². The summed E-state index contributed by atoms with van der Waals surface area (Å²) in [6.07, 6.45) is 2.69. The molecule has 2 heterocycles. The van der Waals surface area contributed by atoms with Gasteiger partial charge in [0.2, 0.25) is 0 Å². The highest BCUT2D eigenvalue weighted by Gasteiger charge is 2.71. The lowest BCUT2D eigenvalue weighted by atomic mass is 9.69. The number of anilines is 1. The molecule has 0 aromatic heterocycles. The van der Waals surface area contributed by atoms with Crippen molar-refractivity contribution < 1.29 is 19.1 Å². The Bertz CT molecular complexity index is 1180. The minimum Gasteiger partial charge on any atom is -0.453 e. The summed E-state index contributed by atoms with van der Waals surface area (Å²) >= 11 is 0. The van der Waals surface area contributed by atoms with E-state index in [1.165, 1.54) is 19.3 Å². The second kappa shape index (κ2) is 8.51. The summed E-state index contributed by atoms with van der Waals surface area (Å²) in [7, 11) is 0. The van der Waals surface area contributed by atoms with E-state index in [4.69, 9.17) is 9.47 Å². The predicted molar refractivity (Wildman–Crippen MR) is 136 cm³/mol. The summed E-state index contributed by atoms with van der Waals surface area (Å²) in [6.45, 7) is 0. The molecule has 36 heavy (non-hydrogen) atoms. The van der Waals surface area contributed by atoms with Gasteiger partial charge in [-0.1, -0.05) is 54.6 Å². The molecule has 182 valence electrons. The van der Waals surface area contributed by atoms with Gasteiger partial charge in [-0.2, -0.15) is 0 Å². The molecule has 0 spiro atoms. The SMILES string of the molecule is O=C(OC1C(OC(=O)c2ccccc2)C2C3C4CCC(C4)C3C1N2c1ccccc1)c1ccccc1. The first-order chi connectivity index (χ1) is 17.7. The van der Waals surface area contributed by atoms with Crippen molar-refractivity contribution in [3.63, 3.8) is 0 Å².